The van der Waals surface area contributed by atoms with Crippen LogP contribution in [0.4, 0.5) is 114 Å². The lowest BCUT2D eigenvalue weighted by Gasteiger charge is -2.40. The third-order valence-electron chi connectivity index (χ3n) is 5.75. The molecule has 0 aliphatic carbocycles. The van der Waals surface area contributed by atoms with Gasteiger partial charge in [0.1, 0.15) is 0 Å². The van der Waals surface area contributed by atoms with Crippen LogP contribution >= 0.6 is 45.2 Å². The van der Waals surface area contributed by atoms with Gasteiger partial charge in [0.15, 0.2) is 0 Å². The summed E-state index contributed by atoms with van der Waals surface area (Å²) in [5.74, 6) is -77.8. The molecule has 0 heterocycles. The molecule has 0 aliphatic heterocycles. The van der Waals surface area contributed by atoms with E-state index in [1.54, 1.807) is 0 Å². The zero-order valence-electron chi connectivity index (χ0n) is 20.6. The van der Waals surface area contributed by atoms with E-state index in [0.29, 0.717) is 45.2 Å². The van der Waals surface area contributed by atoms with E-state index in [1.807, 2.05) is 0 Å². The number of hydrogen-bond donors (Lipinski definition) is 0. The van der Waals surface area contributed by atoms with Crippen molar-refractivity contribution in [3.63, 3.8) is 0 Å². The van der Waals surface area contributed by atoms with Crippen LogP contribution in [0.3, 0.4) is 0 Å². The van der Waals surface area contributed by atoms with Crippen molar-refractivity contribution >= 4 is 45.2 Å². The maximum Gasteiger partial charge on any atom is 0.460 e. The average Bonchev–Trinajstić information content (AvgIpc) is 2.79. The van der Waals surface area contributed by atoms with Gasteiger partial charge in [-0.05, 0) is 12.8 Å². The van der Waals surface area contributed by atoms with Gasteiger partial charge in [-0.1, -0.05) is 45.2 Å². The van der Waals surface area contributed by atoms with Crippen molar-refractivity contribution in [3.8, 4) is 0 Å². The standard InChI is InChI=1S/C18H10F26I2/c19-7(20,9(23,24)11(27,28)13(31,32)15(35,36)17(39,40)41)3-5(45)1-2-6(46)4-8(21,22)10(25,26)12(29,30)14(33,34)16(37,38)18(42,43)44/h5-6H,1-4H2. The molecule has 2 atom stereocenters. The Balaban J connectivity index is 5.97. The van der Waals surface area contributed by atoms with E-state index in [0.717, 1.165) is 0 Å². The average molecular weight is 974 g/mol. The van der Waals surface area contributed by atoms with E-state index in [4.69, 9.17) is 0 Å². The second kappa shape index (κ2) is 12.8. The minimum atomic E-state index is -8.25. The predicted octanol–water partition coefficient (Wildman–Crippen LogP) is 11.6. The Morgan fingerprint density at radius 1 is 0.283 bits per heavy atom. The van der Waals surface area contributed by atoms with E-state index in [-0.39, 0.29) is 0 Å². The molecule has 0 saturated heterocycles. The molecule has 0 aromatic heterocycles. The van der Waals surface area contributed by atoms with Crippen LogP contribution in [0.5, 0.6) is 0 Å². The summed E-state index contributed by atoms with van der Waals surface area (Å²) in [5, 5.41) is 0. The van der Waals surface area contributed by atoms with Crippen molar-refractivity contribution in [3.05, 3.63) is 0 Å². The van der Waals surface area contributed by atoms with Crippen LogP contribution in [0.1, 0.15) is 25.7 Å². The Morgan fingerprint density at radius 2 is 0.457 bits per heavy atom. The van der Waals surface area contributed by atoms with Gasteiger partial charge in [0.2, 0.25) is 0 Å². The molecule has 0 saturated carbocycles. The molecule has 0 rings (SSSR count). The highest BCUT2D eigenvalue weighted by Crippen LogP contribution is 2.62. The number of rotatable bonds is 15. The van der Waals surface area contributed by atoms with Crippen molar-refractivity contribution in [1.82, 2.24) is 0 Å². The van der Waals surface area contributed by atoms with Gasteiger partial charge in [-0.2, -0.15) is 114 Å². The normalized spacial score (nSPS) is 17.7. The predicted molar refractivity (Wildman–Crippen MR) is 116 cm³/mol. The first kappa shape index (κ1) is 45.6. The van der Waals surface area contributed by atoms with Gasteiger partial charge >= 0.3 is 71.6 Å². The van der Waals surface area contributed by atoms with E-state index in [9.17, 15) is 114 Å². The minimum absolute atomic E-state index is 0.489. The molecular weight excluding hydrogens is 964 g/mol. The number of halogens is 28. The van der Waals surface area contributed by atoms with Gasteiger partial charge in [-0.25, -0.2) is 0 Å². The van der Waals surface area contributed by atoms with E-state index >= 15 is 0 Å². The Morgan fingerprint density at radius 3 is 0.630 bits per heavy atom. The number of alkyl halides is 28. The second-order valence-corrected chi connectivity index (χ2v) is 12.7. The Kier molecular flexibility index (Phi) is 12.7. The maximum absolute atomic E-state index is 13.9. The van der Waals surface area contributed by atoms with Crippen LogP contribution < -0.4 is 0 Å². The molecule has 2 unspecified atom stereocenters. The van der Waals surface area contributed by atoms with E-state index in [2.05, 4.69) is 0 Å². The summed E-state index contributed by atoms with van der Waals surface area (Å²) in [6.45, 7) is 0. The summed E-state index contributed by atoms with van der Waals surface area (Å²) in [6.07, 6.45) is -24.1. The lowest BCUT2D eigenvalue weighted by Crippen LogP contribution is -2.70. The summed E-state index contributed by atoms with van der Waals surface area (Å²) >= 11 is 0.978. The first-order valence-electron chi connectivity index (χ1n) is 10.7. The largest absolute Gasteiger partial charge is 0.460 e. The Labute approximate surface area is 264 Å². The van der Waals surface area contributed by atoms with Crippen LogP contribution in [0.2, 0.25) is 0 Å². The van der Waals surface area contributed by atoms with Gasteiger partial charge in [-0.3, -0.25) is 0 Å². The first-order chi connectivity index (χ1) is 19.5. The van der Waals surface area contributed by atoms with Crippen molar-refractivity contribution in [1.29, 1.82) is 0 Å². The van der Waals surface area contributed by atoms with Crippen molar-refractivity contribution in [2.45, 2.75) is 105 Å². The van der Waals surface area contributed by atoms with Crippen LogP contribution in [0.15, 0.2) is 0 Å². The smallest absolute Gasteiger partial charge is 0.200 e. The van der Waals surface area contributed by atoms with Crippen molar-refractivity contribution in [2.75, 3.05) is 0 Å². The summed E-state index contributed by atoms with van der Waals surface area (Å²) in [6, 6.07) is 0. The van der Waals surface area contributed by atoms with Crippen LogP contribution in [-0.4, -0.2) is 79.4 Å². The number of hydrogen-bond acceptors (Lipinski definition) is 0. The van der Waals surface area contributed by atoms with Gasteiger partial charge in [-0.15, -0.1) is 0 Å². The van der Waals surface area contributed by atoms with E-state index in [1.165, 1.54) is 0 Å². The first-order valence-corrected chi connectivity index (χ1v) is 13.2. The fraction of sp³-hybridized carbons (Fsp3) is 1.00. The molecule has 0 fully saturated rings. The molecule has 0 radical (unpaired) electrons. The van der Waals surface area contributed by atoms with Crippen LogP contribution in [-0.2, 0) is 0 Å². The molecular formula is C18H10F26I2. The highest BCUT2D eigenvalue weighted by atomic mass is 127. The fourth-order valence-electron chi connectivity index (χ4n) is 2.98. The van der Waals surface area contributed by atoms with E-state index < -0.39 is 105 Å². The molecule has 28 heteroatoms. The van der Waals surface area contributed by atoms with Gasteiger partial charge in [0.05, 0.1) is 0 Å². The zero-order valence-corrected chi connectivity index (χ0v) is 24.9. The molecule has 278 valence electrons. The quantitative estimate of drug-likeness (QED) is 0.0872. The fourth-order valence-corrected chi connectivity index (χ4v) is 4.81. The molecule has 0 amide bonds. The third kappa shape index (κ3) is 7.25. The topological polar surface area (TPSA) is 0 Å². The van der Waals surface area contributed by atoms with Crippen LogP contribution in [0.25, 0.3) is 0 Å². The molecule has 0 aliphatic rings. The monoisotopic (exact) mass is 974 g/mol. The lowest BCUT2D eigenvalue weighted by atomic mass is 9.90. The molecule has 0 bridgehead atoms. The van der Waals surface area contributed by atoms with Crippen LogP contribution in [0, 0.1) is 0 Å². The van der Waals surface area contributed by atoms with Crippen molar-refractivity contribution in [2.24, 2.45) is 0 Å². The third-order valence-corrected chi connectivity index (χ3v) is 7.87. The van der Waals surface area contributed by atoms with Crippen molar-refractivity contribution < 1.29 is 114 Å². The summed E-state index contributed by atoms with van der Waals surface area (Å²) < 4.78 is 337. The van der Waals surface area contributed by atoms with Gasteiger partial charge in [0, 0.05) is 20.7 Å². The molecule has 0 aromatic rings. The Bertz CT molecular complexity index is 956. The Hall–Kier alpha value is -0.360. The molecule has 0 spiro atoms. The molecule has 0 nitrogen and oxygen atoms in total. The summed E-state index contributed by atoms with van der Waals surface area (Å²) in [5.41, 5.74) is 0. The maximum atomic E-state index is 13.9. The lowest BCUT2D eigenvalue weighted by molar-refractivity contribution is -0.440. The summed E-state index contributed by atoms with van der Waals surface area (Å²) in [4.78, 5) is 0. The summed E-state index contributed by atoms with van der Waals surface area (Å²) in [7, 11) is 0. The van der Waals surface area contributed by atoms with Gasteiger partial charge in [0.25, 0.3) is 0 Å². The molecule has 0 N–H and O–H groups in total. The minimum Gasteiger partial charge on any atom is -0.200 e. The second-order valence-electron chi connectivity index (χ2n) is 9.18. The molecule has 46 heavy (non-hydrogen) atoms. The SMILES string of the molecule is FC(F)(F)C(F)(F)C(F)(F)C(F)(F)C(F)(F)C(F)(F)CC(I)CCC(I)CC(F)(F)C(F)(F)C(F)(F)C(F)(F)C(F)(F)C(F)(F)F. The highest BCUT2D eigenvalue weighted by molar-refractivity contribution is 14.1. The highest BCUT2D eigenvalue weighted by Gasteiger charge is 2.92. The zero-order chi connectivity index (χ0) is 38.0. The molecule has 0 aromatic carbocycles. The van der Waals surface area contributed by atoms with Gasteiger partial charge < -0.3 is 0 Å².